The van der Waals surface area contributed by atoms with Gasteiger partial charge in [-0.2, -0.15) is 0 Å². The van der Waals surface area contributed by atoms with Crippen molar-refractivity contribution in [2.75, 3.05) is 13.6 Å². The van der Waals surface area contributed by atoms with Crippen molar-refractivity contribution in [3.8, 4) is 16.9 Å². The molecule has 3 rings (SSSR count). The zero-order chi connectivity index (χ0) is 25.8. The number of unbranched alkanes of at least 4 members (excludes halogenated alkanes) is 3. The molecule has 0 fully saturated rings. The summed E-state index contributed by atoms with van der Waals surface area (Å²) in [5, 5.41) is 18.7. The van der Waals surface area contributed by atoms with E-state index in [4.69, 9.17) is 20.0 Å². The van der Waals surface area contributed by atoms with Gasteiger partial charge in [0.2, 0.25) is 0 Å². The van der Waals surface area contributed by atoms with Gasteiger partial charge in [0.15, 0.2) is 0 Å². The molecule has 35 heavy (non-hydrogen) atoms. The van der Waals surface area contributed by atoms with Crippen LogP contribution in [0.2, 0.25) is 0 Å². The third kappa shape index (κ3) is 9.88. The number of hydroxylamine groups is 2. The maximum absolute atomic E-state index is 9.55. The Morgan fingerprint density at radius 3 is 2.26 bits per heavy atom. The number of benzene rings is 2. The first-order chi connectivity index (χ1) is 16.7. The van der Waals surface area contributed by atoms with E-state index in [0.717, 1.165) is 39.8 Å². The van der Waals surface area contributed by atoms with Crippen LogP contribution < -0.4 is 4.84 Å². The number of rotatable bonds is 10. The Morgan fingerprint density at radius 2 is 1.66 bits per heavy atom. The number of carbonyl (C=O) groups is 2. The van der Waals surface area contributed by atoms with Crippen LogP contribution in [0, 0.1) is 6.92 Å². The Kier molecular flexibility index (Phi) is 11.4. The minimum Gasteiger partial charge on any atom is -0.478 e. The molecule has 0 amide bonds. The average molecular weight is 543 g/mol. The van der Waals surface area contributed by atoms with Gasteiger partial charge in [-0.25, -0.2) is 9.59 Å². The lowest BCUT2D eigenvalue weighted by Crippen LogP contribution is -2.23. The van der Waals surface area contributed by atoms with Gasteiger partial charge in [-0.1, -0.05) is 54.2 Å². The standard InChI is InChI=1S/C23H27BrN2O.C4H4O4/c1-4-5-6-7-14-26(3)27-20-12-13-21-22(15-17(2)25-23(21)16-20)18-8-10-19(24)11-9-18;5-3(6)1-2-4(7)8/h8-13,15-16H,4-7,14H2,1-3H3;1-2H,(H,5,6)(H,7,8)/b;2-1+. The number of aromatic nitrogens is 1. The van der Waals surface area contributed by atoms with Gasteiger partial charge >= 0.3 is 11.9 Å². The Balaban J connectivity index is 0.000000466. The summed E-state index contributed by atoms with van der Waals surface area (Å²) in [6.45, 7) is 5.20. The van der Waals surface area contributed by atoms with Crippen LogP contribution >= 0.6 is 15.9 Å². The predicted octanol–water partition coefficient (Wildman–Crippen LogP) is 6.49. The molecule has 0 bridgehead atoms. The molecule has 0 saturated heterocycles. The van der Waals surface area contributed by atoms with Crippen LogP contribution in [0.3, 0.4) is 0 Å². The van der Waals surface area contributed by atoms with Crippen molar-refractivity contribution in [1.29, 1.82) is 0 Å². The SMILES string of the molecule is CCCCCCN(C)Oc1ccc2c(-c3ccc(Br)cc3)cc(C)nc2c1.O=C(O)/C=C/C(=O)O. The van der Waals surface area contributed by atoms with Crippen LogP contribution in [-0.4, -0.2) is 45.8 Å². The molecule has 7 nitrogen and oxygen atoms in total. The van der Waals surface area contributed by atoms with E-state index in [2.05, 4.69) is 59.3 Å². The minimum atomic E-state index is -1.26. The smallest absolute Gasteiger partial charge is 0.328 e. The number of aryl methyl sites for hydroxylation is 1. The van der Waals surface area contributed by atoms with Gasteiger partial charge in [-0.15, -0.1) is 5.06 Å². The largest absolute Gasteiger partial charge is 0.478 e. The van der Waals surface area contributed by atoms with Crippen LogP contribution in [0.15, 0.2) is 65.2 Å². The number of carboxylic acid groups (broad SMARTS) is 2. The van der Waals surface area contributed by atoms with E-state index in [1.165, 1.54) is 30.4 Å². The quantitative estimate of drug-likeness (QED) is 0.171. The summed E-state index contributed by atoms with van der Waals surface area (Å²) < 4.78 is 1.08. The number of fused-ring (bicyclic) bond motifs is 1. The molecular formula is C27H31BrN2O5. The highest BCUT2D eigenvalue weighted by atomic mass is 79.9. The average Bonchev–Trinajstić information content (AvgIpc) is 2.81. The topological polar surface area (TPSA) is 100.0 Å². The predicted molar refractivity (Wildman–Crippen MR) is 141 cm³/mol. The number of carboxylic acids is 2. The van der Waals surface area contributed by atoms with Crippen molar-refractivity contribution in [3.05, 3.63) is 70.8 Å². The first-order valence-corrected chi connectivity index (χ1v) is 12.2. The third-order valence-corrected chi connectivity index (χ3v) is 5.55. The molecule has 0 aliphatic carbocycles. The van der Waals surface area contributed by atoms with Gasteiger partial charge in [0.05, 0.1) is 5.52 Å². The highest BCUT2D eigenvalue weighted by molar-refractivity contribution is 9.10. The molecule has 1 heterocycles. The number of pyridine rings is 1. The van der Waals surface area contributed by atoms with Gasteiger partial charge in [0.1, 0.15) is 5.75 Å². The van der Waals surface area contributed by atoms with E-state index in [0.29, 0.717) is 12.2 Å². The minimum absolute atomic E-state index is 0.558. The fraction of sp³-hybridized carbons (Fsp3) is 0.296. The van der Waals surface area contributed by atoms with Gasteiger partial charge in [-0.3, -0.25) is 4.98 Å². The van der Waals surface area contributed by atoms with Crippen molar-refractivity contribution in [1.82, 2.24) is 10.0 Å². The molecule has 0 spiro atoms. The van der Waals surface area contributed by atoms with Crippen LogP contribution in [0.1, 0.15) is 38.3 Å². The fourth-order valence-corrected chi connectivity index (χ4v) is 3.66. The molecule has 0 aliphatic heterocycles. The number of nitrogens with zero attached hydrogens (tertiary/aromatic N) is 2. The second-order valence-corrected chi connectivity index (χ2v) is 8.93. The number of halogens is 1. The highest BCUT2D eigenvalue weighted by Gasteiger charge is 2.09. The van der Waals surface area contributed by atoms with Crippen LogP contribution in [-0.2, 0) is 9.59 Å². The lowest BCUT2D eigenvalue weighted by atomic mass is 10.0. The van der Waals surface area contributed by atoms with Gasteiger partial charge in [-0.05, 0) is 54.8 Å². The van der Waals surface area contributed by atoms with Crippen LogP contribution in [0.4, 0.5) is 0 Å². The van der Waals surface area contributed by atoms with Gasteiger partial charge in [0, 0.05) is 47.4 Å². The summed E-state index contributed by atoms with van der Waals surface area (Å²) in [6, 6.07) is 16.7. The Hall–Kier alpha value is -3.23. The third-order valence-electron chi connectivity index (χ3n) is 5.02. The Bertz CT molecular complexity index is 1150. The molecule has 0 atom stereocenters. The first-order valence-electron chi connectivity index (χ1n) is 11.4. The van der Waals surface area contributed by atoms with Crippen molar-refractivity contribution in [3.63, 3.8) is 0 Å². The second kappa shape index (κ2) is 14.2. The monoisotopic (exact) mass is 542 g/mol. The normalized spacial score (nSPS) is 10.9. The molecule has 2 aromatic carbocycles. The molecular weight excluding hydrogens is 512 g/mol. The lowest BCUT2D eigenvalue weighted by Gasteiger charge is -2.18. The summed E-state index contributed by atoms with van der Waals surface area (Å²) >= 11 is 3.51. The summed E-state index contributed by atoms with van der Waals surface area (Å²) in [4.78, 5) is 29.8. The van der Waals surface area contributed by atoms with E-state index in [-0.39, 0.29) is 0 Å². The first kappa shape index (κ1) is 28.0. The summed E-state index contributed by atoms with van der Waals surface area (Å²) in [7, 11) is 1.99. The Morgan fingerprint density at radius 1 is 1.00 bits per heavy atom. The molecule has 0 saturated carbocycles. The van der Waals surface area contributed by atoms with E-state index in [1.54, 1.807) is 0 Å². The molecule has 3 aromatic rings. The Labute approximate surface area is 214 Å². The summed E-state index contributed by atoms with van der Waals surface area (Å²) in [6.07, 6.45) is 6.06. The van der Waals surface area contributed by atoms with Crippen molar-refractivity contribution in [2.24, 2.45) is 0 Å². The number of hydrogen-bond acceptors (Lipinski definition) is 5. The van der Waals surface area contributed by atoms with E-state index in [9.17, 15) is 9.59 Å². The van der Waals surface area contributed by atoms with E-state index in [1.807, 2.05) is 31.2 Å². The van der Waals surface area contributed by atoms with Crippen LogP contribution in [0.5, 0.6) is 5.75 Å². The molecule has 8 heteroatoms. The molecule has 0 aliphatic rings. The molecule has 186 valence electrons. The van der Waals surface area contributed by atoms with Crippen LogP contribution in [0.25, 0.3) is 22.0 Å². The zero-order valence-electron chi connectivity index (χ0n) is 20.2. The maximum atomic E-state index is 9.55. The van der Waals surface area contributed by atoms with Crippen molar-refractivity contribution in [2.45, 2.75) is 39.5 Å². The summed E-state index contributed by atoms with van der Waals surface area (Å²) in [5.41, 5.74) is 4.36. The molecule has 2 N–H and O–H groups in total. The van der Waals surface area contributed by atoms with E-state index < -0.39 is 11.9 Å². The molecule has 0 unspecified atom stereocenters. The second-order valence-electron chi connectivity index (χ2n) is 8.01. The van der Waals surface area contributed by atoms with E-state index >= 15 is 0 Å². The molecule has 1 aromatic heterocycles. The van der Waals surface area contributed by atoms with Crippen molar-refractivity contribution >= 4 is 38.8 Å². The fourth-order valence-electron chi connectivity index (χ4n) is 3.40. The zero-order valence-corrected chi connectivity index (χ0v) is 21.8. The lowest BCUT2D eigenvalue weighted by molar-refractivity contribution is -0.134. The summed E-state index contributed by atoms with van der Waals surface area (Å²) in [5.74, 6) is -1.68. The number of aliphatic carboxylic acids is 2. The highest BCUT2D eigenvalue weighted by Crippen LogP contribution is 2.31. The maximum Gasteiger partial charge on any atom is 0.328 e. The van der Waals surface area contributed by atoms with Gasteiger partial charge in [0.25, 0.3) is 0 Å². The van der Waals surface area contributed by atoms with Crippen molar-refractivity contribution < 1.29 is 24.6 Å². The number of hydrogen-bond donors (Lipinski definition) is 2. The molecule has 0 radical (unpaired) electrons. The van der Waals surface area contributed by atoms with Gasteiger partial charge < -0.3 is 15.1 Å².